The predicted octanol–water partition coefficient (Wildman–Crippen LogP) is 2.53. The lowest BCUT2D eigenvalue weighted by molar-refractivity contribution is 0.145. The fourth-order valence-corrected chi connectivity index (χ4v) is 3.86. The summed E-state index contributed by atoms with van der Waals surface area (Å²) in [5.74, 6) is 2.82. The zero-order valence-corrected chi connectivity index (χ0v) is 10.6. The van der Waals surface area contributed by atoms with Crippen LogP contribution < -0.4 is 11.1 Å². The largest absolute Gasteiger partial charge is 0.330 e. The van der Waals surface area contributed by atoms with E-state index in [-0.39, 0.29) is 0 Å². The average molecular weight is 224 g/mol. The van der Waals surface area contributed by atoms with E-state index in [0.717, 1.165) is 24.3 Å². The van der Waals surface area contributed by atoms with Gasteiger partial charge in [0.05, 0.1) is 0 Å². The third-order valence-corrected chi connectivity index (χ3v) is 4.70. The van der Waals surface area contributed by atoms with Crippen molar-refractivity contribution in [1.29, 1.82) is 0 Å². The summed E-state index contributed by atoms with van der Waals surface area (Å²) in [5.41, 5.74) is 5.82. The van der Waals surface area contributed by atoms with Gasteiger partial charge >= 0.3 is 0 Å². The molecule has 2 unspecified atom stereocenters. The van der Waals surface area contributed by atoms with E-state index < -0.39 is 0 Å². The summed E-state index contributed by atoms with van der Waals surface area (Å²) in [6.07, 6.45) is 11.4. The summed E-state index contributed by atoms with van der Waals surface area (Å²) in [5, 5.41) is 3.57. The average Bonchev–Trinajstić information content (AvgIpc) is 2.38. The molecule has 1 aliphatic carbocycles. The van der Waals surface area contributed by atoms with Gasteiger partial charge in [0.2, 0.25) is 0 Å². The molecule has 0 amide bonds. The molecule has 3 N–H and O–H groups in total. The number of piperidine rings is 1. The lowest BCUT2D eigenvalue weighted by atomic mass is 9.70. The molecule has 2 heteroatoms. The monoisotopic (exact) mass is 224 g/mol. The summed E-state index contributed by atoms with van der Waals surface area (Å²) < 4.78 is 0. The summed E-state index contributed by atoms with van der Waals surface area (Å²) >= 11 is 0. The minimum Gasteiger partial charge on any atom is -0.330 e. The maximum absolute atomic E-state index is 5.82. The molecular formula is C14H28N2. The molecule has 2 rings (SSSR count). The van der Waals surface area contributed by atoms with Crippen LogP contribution in [0, 0.1) is 17.8 Å². The second-order valence-electron chi connectivity index (χ2n) is 5.75. The van der Waals surface area contributed by atoms with Crippen LogP contribution in [-0.4, -0.2) is 19.6 Å². The van der Waals surface area contributed by atoms with Crippen LogP contribution in [0.25, 0.3) is 0 Å². The molecule has 0 bridgehead atoms. The summed E-state index contributed by atoms with van der Waals surface area (Å²) in [4.78, 5) is 0. The van der Waals surface area contributed by atoms with Gasteiger partial charge < -0.3 is 11.1 Å². The molecule has 2 atom stereocenters. The first-order valence-electron chi connectivity index (χ1n) is 7.32. The van der Waals surface area contributed by atoms with Crippen LogP contribution in [0.4, 0.5) is 0 Å². The molecule has 2 aliphatic rings. The van der Waals surface area contributed by atoms with Crippen molar-refractivity contribution in [1.82, 2.24) is 5.32 Å². The van der Waals surface area contributed by atoms with E-state index in [1.165, 1.54) is 64.5 Å². The van der Waals surface area contributed by atoms with Gasteiger partial charge in [0.25, 0.3) is 0 Å². The van der Waals surface area contributed by atoms with E-state index >= 15 is 0 Å². The van der Waals surface area contributed by atoms with Gasteiger partial charge in [-0.15, -0.1) is 0 Å². The first-order chi connectivity index (χ1) is 7.92. The summed E-state index contributed by atoms with van der Waals surface area (Å²) in [6.45, 7) is 3.37. The van der Waals surface area contributed by atoms with Gasteiger partial charge in [-0.3, -0.25) is 0 Å². The second-order valence-corrected chi connectivity index (χ2v) is 5.75. The first-order valence-corrected chi connectivity index (χ1v) is 7.32. The van der Waals surface area contributed by atoms with Crippen molar-refractivity contribution in [2.45, 2.75) is 51.4 Å². The number of rotatable bonds is 4. The Balaban J connectivity index is 1.91. The van der Waals surface area contributed by atoms with Gasteiger partial charge in [-0.1, -0.05) is 32.1 Å². The first kappa shape index (κ1) is 12.4. The number of hydrogen-bond donors (Lipinski definition) is 2. The van der Waals surface area contributed by atoms with Gasteiger partial charge in [-0.25, -0.2) is 0 Å². The van der Waals surface area contributed by atoms with Crippen LogP contribution in [-0.2, 0) is 0 Å². The third-order valence-electron chi connectivity index (χ3n) is 4.70. The zero-order valence-electron chi connectivity index (χ0n) is 10.6. The van der Waals surface area contributed by atoms with Gasteiger partial charge in [-0.05, 0) is 56.7 Å². The Morgan fingerprint density at radius 3 is 2.38 bits per heavy atom. The van der Waals surface area contributed by atoms with E-state index in [0.29, 0.717) is 0 Å². The SMILES string of the molecule is NCCC(C1CCCCC1)C1CCCNC1. The van der Waals surface area contributed by atoms with Crippen LogP contribution in [0.1, 0.15) is 51.4 Å². The normalized spacial score (nSPS) is 30.2. The van der Waals surface area contributed by atoms with Gasteiger partial charge in [0.15, 0.2) is 0 Å². The Morgan fingerprint density at radius 1 is 1.00 bits per heavy atom. The predicted molar refractivity (Wildman–Crippen MR) is 69.3 cm³/mol. The minimum absolute atomic E-state index is 0.887. The van der Waals surface area contributed by atoms with Crippen molar-refractivity contribution in [2.24, 2.45) is 23.5 Å². The molecule has 1 saturated carbocycles. The molecule has 16 heavy (non-hydrogen) atoms. The number of nitrogens with one attached hydrogen (secondary N) is 1. The van der Waals surface area contributed by atoms with Crippen molar-refractivity contribution < 1.29 is 0 Å². The van der Waals surface area contributed by atoms with Crippen molar-refractivity contribution >= 4 is 0 Å². The van der Waals surface area contributed by atoms with Gasteiger partial charge in [0.1, 0.15) is 0 Å². The fraction of sp³-hybridized carbons (Fsp3) is 1.00. The van der Waals surface area contributed by atoms with Crippen molar-refractivity contribution in [3.8, 4) is 0 Å². The standard InChI is InChI=1S/C14H28N2/c15-9-8-14(12-5-2-1-3-6-12)13-7-4-10-16-11-13/h12-14,16H,1-11,15H2. The molecule has 0 aromatic carbocycles. The second kappa shape index (κ2) is 6.61. The molecule has 2 fully saturated rings. The van der Waals surface area contributed by atoms with Crippen LogP contribution in [0.3, 0.4) is 0 Å². The highest BCUT2D eigenvalue weighted by Gasteiger charge is 2.30. The number of nitrogens with two attached hydrogens (primary N) is 1. The summed E-state index contributed by atoms with van der Waals surface area (Å²) in [6, 6.07) is 0. The molecule has 0 aromatic heterocycles. The van der Waals surface area contributed by atoms with E-state index in [4.69, 9.17) is 5.73 Å². The maximum atomic E-state index is 5.82. The lowest BCUT2D eigenvalue weighted by Crippen LogP contribution is -2.38. The molecule has 0 aromatic rings. The molecule has 1 saturated heterocycles. The Bertz CT molecular complexity index is 163. The minimum atomic E-state index is 0.887. The molecular weight excluding hydrogens is 196 g/mol. The van der Waals surface area contributed by atoms with Crippen molar-refractivity contribution in [3.05, 3.63) is 0 Å². The van der Waals surface area contributed by atoms with Gasteiger partial charge in [0, 0.05) is 0 Å². The van der Waals surface area contributed by atoms with Crippen molar-refractivity contribution in [3.63, 3.8) is 0 Å². The van der Waals surface area contributed by atoms with Crippen LogP contribution >= 0.6 is 0 Å². The van der Waals surface area contributed by atoms with E-state index in [2.05, 4.69) is 5.32 Å². The molecule has 94 valence electrons. The van der Waals surface area contributed by atoms with Crippen LogP contribution in [0.15, 0.2) is 0 Å². The smallest absolute Gasteiger partial charge is 0.00177 e. The quantitative estimate of drug-likeness (QED) is 0.770. The van der Waals surface area contributed by atoms with Crippen LogP contribution in [0.5, 0.6) is 0 Å². The Kier molecular flexibility index (Phi) is 5.11. The fourth-order valence-electron chi connectivity index (χ4n) is 3.86. The van der Waals surface area contributed by atoms with Crippen molar-refractivity contribution in [2.75, 3.05) is 19.6 Å². The Hall–Kier alpha value is -0.0800. The van der Waals surface area contributed by atoms with E-state index in [1.54, 1.807) is 0 Å². The van der Waals surface area contributed by atoms with Crippen LogP contribution in [0.2, 0.25) is 0 Å². The molecule has 0 spiro atoms. The maximum Gasteiger partial charge on any atom is -0.00177 e. The lowest BCUT2D eigenvalue weighted by Gasteiger charge is -2.38. The number of hydrogen-bond acceptors (Lipinski definition) is 2. The highest BCUT2D eigenvalue weighted by atomic mass is 14.9. The topological polar surface area (TPSA) is 38.0 Å². The third kappa shape index (κ3) is 3.21. The van der Waals surface area contributed by atoms with E-state index in [9.17, 15) is 0 Å². The van der Waals surface area contributed by atoms with E-state index in [1.807, 2.05) is 0 Å². The molecule has 2 nitrogen and oxygen atoms in total. The molecule has 1 aliphatic heterocycles. The molecule has 0 radical (unpaired) electrons. The Morgan fingerprint density at radius 2 is 1.75 bits per heavy atom. The highest BCUT2D eigenvalue weighted by Crippen LogP contribution is 2.37. The Labute approximate surface area is 100 Å². The summed E-state index contributed by atoms with van der Waals surface area (Å²) in [7, 11) is 0. The van der Waals surface area contributed by atoms with Gasteiger partial charge in [-0.2, -0.15) is 0 Å². The molecule has 1 heterocycles. The zero-order chi connectivity index (χ0) is 11.2. The highest BCUT2D eigenvalue weighted by molar-refractivity contribution is 4.83.